The second kappa shape index (κ2) is 4.62. The van der Waals surface area contributed by atoms with E-state index in [-0.39, 0.29) is 0 Å². The first kappa shape index (κ1) is 13.4. The lowest BCUT2D eigenvalue weighted by Crippen LogP contribution is -2.58. The largest absolute Gasteiger partial charge is 0.354 e. The van der Waals surface area contributed by atoms with Gasteiger partial charge in [0.25, 0.3) is 0 Å². The maximum atomic E-state index is 6.51. The van der Waals surface area contributed by atoms with Gasteiger partial charge in [0.15, 0.2) is 0 Å². The number of nitrogens with one attached hydrogen (secondary N) is 2. The second-order valence-corrected chi connectivity index (χ2v) is 8.34. The number of halogens is 2. The zero-order chi connectivity index (χ0) is 13.8. The molecule has 5 heteroatoms. The van der Waals surface area contributed by atoms with Crippen LogP contribution in [0.4, 0.5) is 0 Å². The fourth-order valence-corrected chi connectivity index (χ4v) is 5.58. The van der Waals surface area contributed by atoms with Crippen molar-refractivity contribution in [1.82, 2.24) is 10.6 Å². The van der Waals surface area contributed by atoms with Crippen LogP contribution in [0.1, 0.15) is 38.5 Å². The quantitative estimate of drug-likeness (QED) is 0.619. The Morgan fingerprint density at radius 1 is 1.20 bits per heavy atom. The van der Waals surface area contributed by atoms with E-state index in [0.717, 1.165) is 24.3 Å². The van der Waals surface area contributed by atoms with Crippen LogP contribution >= 0.6 is 23.2 Å². The first-order chi connectivity index (χ1) is 9.54. The van der Waals surface area contributed by atoms with Crippen LogP contribution < -0.4 is 10.6 Å². The summed E-state index contributed by atoms with van der Waals surface area (Å²) in [4.78, 5) is 4.09. The summed E-state index contributed by atoms with van der Waals surface area (Å²) in [5, 5.41) is 6.23. The molecule has 4 saturated carbocycles. The number of aliphatic imine (C=N–C) groups is 1. The smallest absolute Gasteiger partial charge is 0.203 e. The number of alkyl halides is 1. The molecule has 20 heavy (non-hydrogen) atoms. The fourth-order valence-electron chi connectivity index (χ4n) is 5.31. The molecule has 0 saturated heterocycles. The molecular weight excluding hydrogens is 293 g/mol. The molecule has 110 valence electrons. The number of rotatable bonds is 3. The maximum Gasteiger partial charge on any atom is 0.203 e. The Morgan fingerprint density at radius 3 is 2.30 bits per heavy atom. The van der Waals surface area contributed by atoms with Crippen LogP contribution in [0.2, 0.25) is 0 Å². The van der Waals surface area contributed by atoms with Crippen molar-refractivity contribution in [1.29, 1.82) is 0 Å². The van der Waals surface area contributed by atoms with Crippen molar-refractivity contribution in [2.24, 2.45) is 28.2 Å². The summed E-state index contributed by atoms with van der Waals surface area (Å²) in [5.74, 6) is 2.91. The normalized spacial score (nSPS) is 49.1. The average Bonchev–Trinajstić information content (AvgIpc) is 2.39. The Labute approximate surface area is 130 Å². The topological polar surface area (TPSA) is 36.4 Å². The molecule has 0 aromatic heterocycles. The van der Waals surface area contributed by atoms with Gasteiger partial charge >= 0.3 is 0 Å². The number of nitrogens with zero attached hydrogens (tertiary/aromatic N) is 1. The van der Waals surface area contributed by atoms with Crippen molar-refractivity contribution in [3.05, 3.63) is 11.4 Å². The van der Waals surface area contributed by atoms with Crippen LogP contribution in [0.3, 0.4) is 0 Å². The summed E-state index contributed by atoms with van der Waals surface area (Å²) in [6, 6.07) is 0. The molecule has 1 atom stereocenters. The van der Waals surface area contributed by atoms with Crippen LogP contribution in [0.5, 0.6) is 0 Å². The molecule has 4 aliphatic carbocycles. The zero-order valence-corrected chi connectivity index (χ0v) is 13.1. The van der Waals surface area contributed by atoms with Crippen molar-refractivity contribution in [2.45, 2.75) is 43.6 Å². The highest BCUT2D eigenvalue weighted by Gasteiger charge is 2.51. The summed E-state index contributed by atoms with van der Waals surface area (Å²) in [6.07, 6.45) is 11.9. The highest BCUT2D eigenvalue weighted by Crippen LogP contribution is 2.59. The molecule has 5 rings (SSSR count). The van der Waals surface area contributed by atoms with E-state index in [1.54, 1.807) is 12.4 Å². The van der Waals surface area contributed by atoms with Crippen molar-refractivity contribution < 1.29 is 0 Å². The van der Waals surface area contributed by atoms with Gasteiger partial charge in [-0.25, -0.2) is 4.99 Å². The third-order valence-corrected chi connectivity index (χ3v) is 6.20. The van der Waals surface area contributed by atoms with Gasteiger partial charge in [-0.3, -0.25) is 5.32 Å². The average molecular weight is 314 g/mol. The Bertz CT molecular complexity index is 438. The molecule has 2 N–H and O–H groups in total. The van der Waals surface area contributed by atoms with Crippen molar-refractivity contribution in [3.8, 4) is 0 Å². The lowest BCUT2D eigenvalue weighted by Gasteiger charge is -2.57. The predicted octanol–water partition coefficient (Wildman–Crippen LogP) is 3.40. The van der Waals surface area contributed by atoms with Crippen LogP contribution in [0, 0.1) is 23.2 Å². The van der Waals surface area contributed by atoms with Crippen molar-refractivity contribution in [3.63, 3.8) is 0 Å². The fraction of sp³-hybridized carbons (Fsp3) is 0.800. The van der Waals surface area contributed by atoms with Gasteiger partial charge in [-0.05, 0) is 61.7 Å². The predicted molar refractivity (Wildman–Crippen MR) is 82.8 cm³/mol. The Hall–Kier alpha value is -0.250. The van der Waals surface area contributed by atoms with Crippen LogP contribution in [0.15, 0.2) is 16.3 Å². The van der Waals surface area contributed by atoms with E-state index in [0.29, 0.717) is 10.6 Å². The van der Waals surface area contributed by atoms with E-state index in [1.807, 2.05) is 0 Å². The van der Waals surface area contributed by atoms with Crippen LogP contribution in [0.25, 0.3) is 0 Å². The molecule has 5 aliphatic rings. The summed E-state index contributed by atoms with van der Waals surface area (Å²) in [6.45, 7) is 0.977. The van der Waals surface area contributed by atoms with Gasteiger partial charge in [0.05, 0.1) is 6.21 Å². The van der Waals surface area contributed by atoms with E-state index in [1.165, 1.54) is 38.5 Å². The standard InChI is InChI=1S/C15H21Cl2N3/c16-13-7-19-15(17,9-18-13)20-8-14-4-10-1-11(5-14)3-12(2-10)6-14/h7,9-12,19-20H,1-6,8H2. The molecule has 4 bridgehead atoms. The van der Waals surface area contributed by atoms with Crippen LogP contribution in [-0.2, 0) is 0 Å². The molecule has 0 spiro atoms. The maximum absolute atomic E-state index is 6.51. The molecule has 0 aromatic rings. The summed E-state index contributed by atoms with van der Waals surface area (Å²) >= 11 is 12.3. The molecule has 1 aliphatic heterocycles. The first-order valence-corrected chi connectivity index (χ1v) is 8.42. The van der Waals surface area contributed by atoms with E-state index in [9.17, 15) is 0 Å². The Kier molecular flexibility index (Phi) is 3.10. The Morgan fingerprint density at radius 2 is 1.80 bits per heavy atom. The minimum absolute atomic E-state index is 0.442. The lowest BCUT2D eigenvalue weighted by atomic mass is 9.49. The molecule has 1 heterocycles. The highest BCUT2D eigenvalue weighted by molar-refractivity contribution is 6.34. The van der Waals surface area contributed by atoms with Crippen molar-refractivity contribution in [2.75, 3.05) is 6.54 Å². The van der Waals surface area contributed by atoms with Gasteiger partial charge in [0, 0.05) is 12.7 Å². The molecule has 3 nitrogen and oxygen atoms in total. The zero-order valence-electron chi connectivity index (χ0n) is 11.5. The molecule has 4 fully saturated rings. The number of hydrogen-bond donors (Lipinski definition) is 2. The van der Waals surface area contributed by atoms with Gasteiger partial charge < -0.3 is 5.32 Å². The van der Waals surface area contributed by atoms with E-state index in [2.05, 4.69) is 15.6 Å². The third kappa shape index (κ3) is 2.38. The van der Waals surface area contributed by atoms with E-state index < -0.39 is 5.12 Å². The SMILES string of the molecule is ClC1=CNC(Cl)(NCC23CC4CC(CC(C4)C2)C3)C=N1. The third-order valence-electron chi connectivity index (χ3n) is 5.65. The highest BCUT2D eigenvalue weighted by atomic mass is 35.5. The first-order valence-electron chi connectivity index (χ1n) is 7.67. The minimum atomic E-state index is -0.776. The van der Waals surface area contributed by atoms with Gasteiger partial charge in [-0.1, -0.05) is 23.2 Å². The van der Waals surface area contributed by atoms with Gasteiger partial charge in [-0.15, -0.1) is 0 Å². The summed E-state index contributed by atoms with van der Waals surface area (Å²) in [5.41, 5.74) is 0.469. The second-order valence-electron chi connectivity index (χ2n) is 7.35. The summed E-state index contributed by atoms with van der Waals surface area (Å²) in [7, 11) is 0. The Balaban J connectivity index is 1.44. The summed E-state index contributed by atoms with van der Waals surface area (Å²) < 4.78 is 0. The van der Waals surface area contributed by atoms with Gasteiger partial charge in [0.2, 0.25) is 5.12 Å². The van der Waals surface area contributed by atoms with Gasteiger partial charge in [0.1, 0.15) is 5.16 Å². The molecular formula is C15H21Cl2N3. The minimum Gasteiger partial charge on any atom is -0.354 e. The molecule has 0 radical (unpaired) electrons. The van der Waals surface area contributed by atoms with Crippen LogP contribution in [-0.4, -0.2) is 17.9 Å². The molecule has 0 amide bonds. The molecule has 0 aromatic carbocycles. The molecule has 1 unspecified atom stereocenters. The van der Waals surface area contributed by atoms with Gasteiger partial charge in [-0.2, -0.15) is 0 Å². The van der Waals surface area contributed by atoms with E-state index in [4.69, 9.17) is 23.2 Å². The van der Waals surface area contributed by atoms with Crippen molar-refractivity contribution >= 4 is 29.4 Å². The monoisotopic (exact) mass is 313 g/mol. The lowest BCUT2D eigenvalue weighted by molar-refractivity contribution is -0.0524. The van der Waals surface area contributed by atoms with E-state index >= 15 is 0 Å². The number of hydrogen-bond acceptors (Lipinski definition) is 3.